The van der Waals surface area contributed by atoms with Gasteiger partial charge in [0.25, 0.3) is 0 Å². The Balaban J connectivity index is 0.000000568. The number of carboxylic acid groups (broad SMARTS) is 2. The van der Waals surface area contributed by atoms with Gasteiger partial charge in [-0.2, -0.15) is 0 Å². The Morgan fingerprint density at radius 2 is 1.38 bits per heavy atom. The van der Waals surface area contributed by atoms with Crippen LogP contribution in [0.15, 0.2) is 72.8 Å². The summed E-state index contributed by atoms with van der Waals surface area (Å²) in [4.78, 5) is 23.2. The first-order chi connectivity index (χ1) is 17.9. The van der Waals surface area contributed by atoms with Crippen molar-refractivity contribution in [2.45, 2.75) is 19.7 Å². The second kappa shape index (κ2) is 14.2. The summed E-state index contributed by atoms with van der Waals surface area (Å²) in [6.45, 7) is 6.51. The number of rotatable bonds is 8. The van der Waals surface area contributed by atoms with Crippen LogP contribution in [-0.2, 0) is 29.3 Å². The molecule has 3 aromatic carbocycles. The molecular weight excluding hydrogens is 496 g/mol. The van der Waals surface area contributed by atoms with E-state index in [9.17, 15) is 0 Å². The zero-order valence-electron chi connectivity index (χ0n) is 20.7. The van der Waals surface area contributed by atoms with Gasteiger partial charge in [-0.15, -0.1) is 0 Å². The molecule has 3 aromatic rings. The Morgan fingerprint density at radius 3 is 1.97 bits per heavy atom. The van der Waals surface area contributed by atoms with Crippen molar-refractivity contribution < 1.29 is 29.3 Å². The van der Waals surface area contributed by atoms with Crippen molar-refractivity contribution in [2.75, 3.05) is 33.3 Å². The lowest BCUT2D eigenvalue weighted by Crippen LogP contribution is -2.45. The minimum Gasteiger partial charge on any atom is -0.493 e. The lowest BCUT2D eigenvalue weighted by Gasteiger charge is -2.35. The number of methoxy groups -OCH3 is 1. The smallest absolute Gasteiger partial charge is 0.414 e. The number of nitrogens with zero attached hydrogens (tertiary/aromatic N) is 2. The standard InChI is InChI=1S/C26H29ClN2O2.C2H2O4/c1-30-25-12-11-22(17-26(25)31-20-21-7-3-2-4-8-21)18-28-13-15-29(16-14-28)19-23-9-5-6-10-24(23)27;3-1(4)2(5)6/h2-12,17H,13-16,18-20H2,1H3;(H,3,4)(H,5,6). The van der Waals surface area contributed by atoms with E-state index >= 15 is 0 Å². The van der Waals surface area contributed by atoms with Crippen molar-refractivity contribution in [1.29, 1.82) is 0 Å². The third-order valence-electron chi connectivity index (χ3n) is 5.87. The number of carboxylic acids is 2. The molecule has 0 aliphatic carbocycles. The van der Waals surface area contributed by atoms with E-state index in [-0.39, 0.29) is 0 Å². The van der Waals surface area contributed by atoms with E-state index in [1.54, 1.807) is 7.11 Å². The molecule has 1 aliphatic heterocycles. The van der Waals surface area contributed by atoms with E-state index in [2.05, 4.69) is 46.2 Å². The summed E-state index contributed by atoms with van der Waals surface area (Å²) in [5.41, 5.74) is 3.58. The monoisotopic (exact) mass is 526 g/mol. The van der Waals surface area contributed by atoms with E-state index in [4.69, 9.17) is 40.9 Å². The zero-order chi connectivity index (χ0) is 26.6. The SMILES string of the molecule is COc1ccc(CN2CCN(Cc3ccccc3Cl)CC2)cc1OCc1ccccc1.O=C(O)C(=O)O. The number of hydrogen-bond donors (Lipinski definition) is 2. The molecule has 0 saturated carbocycles. The van der Waals surface area contributed by atoms with Gasteiger partial charge in [0, 0.05) is 44.3 Å². The Kier molecular flexibility index (Phi) is 10.8. The first kappa shape index (κ1) is 28.0. The fourth-order valence-corrected chi connectivity index (χ4v) is 4.09. The second-order valence-corrected chi connectivity index (χ2v) is 8.92. The quantitative estimate of drug-likeness (QED) is 0.417. The summed E-state index contributed by atoms with van der Waals surface area (Å²) in [7, 11) is 1.68. The molecule has 8 nitrogen and oxygen atoms in total. The topological polar surface area (TPSA) is 99.5 Å². The Labute approximate surface area is 221 Å². The van der Waals surface area contributed by atoms with Gasteiger partial charge in [0.05, 0.1) is 7.11 Å². The van der Waals surface area contributed by atoms with Gasteiger partial charge in [0.15, 0.2) is 11.5 Å². The molecule has 0 atom stereocenters. The van der Waals surface area contributed by atoms with Gasteiger partial charge in [-0.05, 0) is 34.9 Å². The number of piperazine rings is 1. The van der Waals surface area contributed by atoms with Crippen LogP contribution < -0.4 is 9.47 Å². The molecule has 0 radical (unpaired) electrons. The number of halogens is 1. The first-order valence-electron chi connectivity index (χ1n) is 11.8. The number of aliphatic carboxylic acids is 2. The molecular formula is C28H31ClN2O6. The zero-order valence-corrected chi connectivity index (χ0v) is 21.4. The molecule has 0 aromatic heterocycles. The van der Waals surface area contributed by atoms with Crippen LogP contribution in [0.2, 0.25) is 5.02 Å². The van der Waals surface area contributed by atoms with Crippen LogP contribution in [0.4, 0.5) is 0 Å². The maximum absolute atomic E-state index is 9.10. The normalized spacial score (nSPS) is 13.8. The highest BCUT2D eigenvalue weighted by molar-refractivity contribution is 6.31. The number of carbonyl (C=O) groups is 2. The molecule has 1 fully saturated rings. The lowest BCUT2D eigenvalue weighted by molar-refractivity contribution is -0.159. The molecule has 1 aliphatic rings. The second-order valence-electron chi connectivity index (χ2n) is 8.51. The van der Waals surface area contributed by atoms with Crippen molar-refractivity contribution in [3.63, 3.8) is 0 Å². The molecule has 2 N–H and O–H groups in total. The van der Waals surface area contributed by atoms with Gasteiger partial charge in [0.2, 0.25) is 0 Å². The molecule has 37 heavy (non-hydrogen) atoms. The van der Waals surface area contributed by atoms with Crippen LogP contribution in [0.3, 0.4) is 0 Å². The van der Waals surface area contributed by atoms with Gasteiger partial charge in [-0.3, -0.25) is 9.80 Å². The fourth-order valence-electron chi connectivity index (χ4n) is 3.90. The first-order valence-corrected chi connectivity index (χ1v) is 12.2. The van der Waals surface area contributed by atoms with E-state index in [0.29, 0.717) is 6.61 Å². The number of hydrogen-bond acceptors (Lipinski definition) is 6. The molecule has 9 heteroatoms. The molecule has 1 saturated heterocycles. The van der Waals surface area contributed by atoms with Crippen LogP contribution in [-0.4, -0.2) is 65.2 Å². The predicted molar refractivity (Wildman–Crippen MR) is 141 cm³/mol. The van der Waals surface area contributed by atoms with Crippen molar-refractivity contribution in [2.24, 2.45) is 0 Å². The highest BCUT2D eigenvalue weighted by Gasteiger charge is 2.18. The van der Waals surface area contributed by atoms with E-state index in [0.717, 1.165) is 61.4 Å². The summed E-state index contributed by atoms with van der Waals surface area (Å²) < 4.78 is 11.6. The third-order valence-corrected chi connectivity index (χ3v) is 6.24. The Bertz CT molecular complexity index is 1150. The van der Waals surface area contributed by atoms with Crippen molar-refractivity contribution >= 4 is 23.5 Å². The lowest BCUT2D eigenvalue weighted by atomic mass is 10.1. The minimum atomic E-state index is -1.82. The van der Waals surface area contributed by atoms with E-state index in [1.807, 2.05) is 36.4 Å². The molecule has 196 valence electrons. The fraction of sp³-hybridized carbons (Fsp3) is 0.286. The van der Waals surface area contributed by atoms with Gasteiger partial charge < -0.3 is 19.7 Å². The predicted octanol–water partition coefficient (Wildman–Crippen LogP) is 4.40. The summed E-state index contributed by atoms with van der Waals surface area (Å²) in [6, 6.07) is 24.6. The van der Waals surface area contributed by atoms with Crippen LogP contribution in [0.1, 0.15) is 16.7 Å². The van der Waals surface area contributed by atoms with Gasteiger partial charge in [-0.25, -0.2) is 9.59 Å². The largest absolute Gasteiger partial charge is 0.493 e. The number of benzene rings is 3. The average Bonchev–Trinajstić information content (AvgIpc) is 2.91. The highest BCUT2D eigenvalue weighted by atomic mass is 35.5. The summed E-state index contributed by atoms with van der Waals surface area (Å²) in [6.07, 6.45) is 0. The Hall–Kier alpha value is -3.59. The van der Waals surface area contributed by atoms with Gasteiger partial charge >= 0.3 is 11.9 Å². The molecule has 1 heterocycles. The maximum atomic E-state index is 9.10. The minimum absolute atomic E-state index is 0.529. The Morgan fingerprint density at radius 1 is 0.784 bits per heavy atom. The van der Waals surface area contributed by atoms with E-state index in [1.165, 1.54) is 11.1 Å². The molecule has 0 amide bonds. The average molecular weight is 527 g/mol. The summed E-state index contributed by atoms with van der Waals surface area (Å²) in [5.74, 6) is -2.09. The number of ether oxygens (including phenoxy) is 2. The van der Waals surface area contributed by atoms with Crippen LogP contribution in [0.5, 0.6) is 11.5 Å². The van der Waals surface area contributed by atoms with E-state index < -0.39 is 11.9 Å². The third kappa shape index (κ3) is 9.09. The van der Waals surface area contributed by atoms with Crippen molar-refractivity contribution in [3.8, 4) is 11.5 Å². The van der Waals surface area contributed by atoms with Crippen LogP contribution in [0, 0.1) is 0 Å². The van der Waals surface area contributed by atoms with Crippen LogP contribution >= 0.6 is 11.6 Å². The van der Waals surface area contributed by atoms with Gasteiger partial charge in [-0.1, -0.05) is 66.2 Å². The highest BCUT2D eigenvalue weighted by Crippen LogP contribution is 2.29. The molecule has 4 rings (SSSR count). The molecule has 0 unspecified atom stereocenters. The van der Waals surface area contributed by atoms with Crippen molar-refractivity contribution in [1.82, 2.24) is 9.80 Å². The maximum Gasteiger partial charge on any atom is 0.414 e. The van der Waals surface area contributed by atoms with Crippen LogP contribution in [0.25, 0.3) is 0 Å². The molecule has 0 spiro atoms. The van der Waals surface area contributed by atoms with Crippen molar-refractivity contribution in [3.05, 3.63) is 94.5 Å². The summed E-state index contributed by atoms with van der Waals surface area (Å²) >= 11 is 6.32. The molecule has 0 bridgehead atoms. The summed E-state index contributed by atoms with van der Waals surface area (Å²) in [5, 5.41) is 15.6. The van der Waals surface area contributed by atoms with Gasteiger partial charge in [0.1, 0.15) is 6.61 Å².